The van der Waals surface area contributed by atoms with Crippen molar-refractivity contribution in [1.29, 1.82) is 0 Å². The summed E-state index contributed by atoms with van der Waals surface area (Å²) in [7, 11) is 0. The van der Waals surface area contributed by atoms with Crippen LogP contribution in [0.25, 0.3) is 0 Å². The van der Waals surface area contributed by atoms with Gasteiger partial charge in [0.25, 0.3) is 5.91 Å². The van der Waals surface area contributed by atoms with Gasteiger partial charge in [-0.25, -0.2) is 0 Å². The maximum absolute atomic E-state index is 12.2. The van der Waals surface area contributed by atoms with Crippen LogP contribution in [0, 0.1) is 6.92 Å². The van der Waals surface area contributed by atoms with Gasteiger partial charge in [-0.2, -0.15) is 5.10 Å². The monoisotopic (exact) mass is 349 g/mol. The maximum atomic E-state index is 12.2. The van der Waals surface area contributed by atoms with Crippen LogP contribution in [0.2, 0.25) is 0 Å². The van der Waals surface area contributed by atoms with Gasteiger partial charge >= 0.3 is 0 Å². The highest BCUT2D eigenvalue weighted by Crippen LogP contribution is 2.21. The van der Waals surface area contributed by atoms with Crippen LogP contribution in [0.3, 0.4) is 0 Å². The van der Waals surface area contributed by atoms with Gasteiger partial charge in [-0.15, -0.1) is 5.10 Å². The van der Waals surface area contributed by atoms with Crippen molar-refractivity contribution in [2.45, 2.75) is 20.0 Å². The normalized spacial score (nSPS) is 11.5. The molecular weight excluding hydrogens is 330 g/mol. The van der Waals surface area contributed by atoms with E-state index in [0.717, 1.165) is 5.69 Å². The third-order valence-electron chi connectivity index (χ3n) is 3.54. The van der Waals surface area contributed by atoms with Gasteiger partial charge in [-0.05, 0) is 56.3 Å². The molecule has 0 saturated heterocycles. The van der Waals surface area contributed by atoms with Gasteiger partial charge in [0.1, 0.15) is 11.5 Å². The van der Waals surface area contributed by atoms with Crippen LogP contribution in [0.5, 0.6) is 17.4 Å². The number of para-hydroxylation sites is 1. The van der Waals surface area contributed by atoms with Gasteiger partial charge in [0.2, 0.25) is 5.88 Å². The van der Waals surface area contributed by atoms with Crippen LogP contribution in [-0.2, 0) is 4.79 Å². The highest BCUT2D eigenvalue weighted by Gasteiger charge is 2.14. The first-order valence-electron chi connectivity index (χ1n) is 8.21. The Bertz CT molecular complexity index is 850. The Hall–Kier alpha value is -3.41. The lowest BCUT2D eigenvalue weighted by molar-refractivity contribution is -0.122. The number of rotatable bonds is 6. The molecule has 0 fully saturated rings. The van der Waals surface area contributed by atoms with E-state index in [4.69, 9.17) is 9.47 Å². The highest BCUT2D eigenvalue weighted by atomic mass is 16.5. The van der Waals surface area contributed by atoms with E-state index in [9.17, 15) is 4.79 Å². The number of aromatic nitrogens is 2. The summed E-state index contributed by atoms with van der Waals surface area (Å²) in [6.07, 6.45) is -0.615. The Morgan fingerprint density at radius 3 is 2.31 bits per heavy atom. The second-order valence-electron chi connectivity index (χ2n) is 5.70. The van der Waals surface area contributed by atoms with E-state index in [-0.39, 0.29) is 5.91 Å². The van der Waals surface area contributed by atoms with Crippen molar-refractivity contribution in [1.82, 2.24) is 10.2 Å². The fourth-order valence-corrected chi connectivity index (χ4v) is 2.17. The number of hydrogen-bond donors (Lipinski definition) is 1. The fraction of sp³-hybridized carbons (Fsp3) is 0.150. The maximum Gasteiger partial charge on any atom is 0.265 e. The second kappa shape index (κ2) is 8.11. The first-order valence-corrected chi connectivity index (χ1v) is 8.21. The van der Waals surface area contributed by atoms with Gasteiger partial charge in [0.05, 0.1) is 5.69 Å². The third-order valence-corrected chi connectivity index (χ3v) is 3.54. The molecule has 0 aliphatic carbocycles. The smallest absolute Gasteiger partial charge is 0.265 e. The number of amides is 1. The Morgan fingerprint density at radius 2 is 1.65 bits per heavy atom. The summed E-state index contributed by atoms with van der Waals surface area (Å²) in [6, 6.07) is 19.8. The minimum atomic E-state index is -0.615. The van der Waals surface area contributed by atoms with Gasteiger partial charge in [-0.1, -0.05) is 18.2 Å². The SMILES string of the molecule is Cc1ccc(Oc2ccc(NC(=O)[C@H](C)Oc3ccccc3)cc2)nn1. The molecule has 0 aliphatic heterocycles. The summed E-state index contributed by atoms with van der Waals surface area (Å²) >= 11 is 0. The summed E-state index contributed by atoms with van der Waals surface area (Å²) < 4.78 is 11.2. The van der Waals surface area contributed by atoms with E-state index in [0.29, 0.717) is 23.1 Å². The first-order chi connectivity index (χ1) is 12.6. The van der Waals surface area contributed by atoms with Crippen LogP contribution < -0.4 is 14.8 Å². The molecule has 3 aromatic rings. The Morgan fingerprint density at radius 1 is 0.923 bits per heavy atom. The van der Waals surface area contributed by atoms with Crippen molar-refractivity contribution in [3.05, 3.63) is 72.4 Å². The number of hydrogen-bond acceptors (Lipinski definition) is 5. The third kappa shape index (κ3) is 4.80. The summed E-state index contributed by atoms with van der Waals surface area (Å²) in [4.78, 5) is 12.2. The summed E-state index contributed by atoms with van der Waals surface area (Å²) in [5, 5.41) is 10.7. The number of carbonyl (C=O) groups is 1. The number of anilines is 1. The topological polar surface area (TPSA) is 73.3 Å². The number of nitrogens with one attached hydrogen (secondary N) is 1. The molecule has 3 rings (SSSR count). The van der Waals surface area contributed by atoms with Gasteiger partial charge in [0, 0.05) is 11.8 Å². The number of ether oxygens (including phenoxy) is 2. The zero-order valence-electron chi connectivity index (χ0n) is 14.5. The molecule has 1 aromatic heterocycles. The Labute approximate surface area is 151 Å². The molecule has 0 radical (unpaired) electrons. The zero-order valence-corrected chi connectivity index (χ0v) is 14.5. The standard InChI is InChI=1S/C20H19N3O3/c1-14-8-13-19(23-22-14)26-18-11-9-16(10-12-18)21-20(24)15(2)25-17-6-4-3-5-7-17/h3-13,15H,1-2H3,(H,21,24)/t15-/m0/s1. The molecule has 0 bridgehead atoms. The van der Waals surface area contributed by atoms with Crippen molar-refractivity contribution >= 4 is 11.6 Å². The summed E-state index contributed by atoms with van der Waals surface area (Å²) in [5.74, 6) is 1.44. The van der Waals surface area contributed by atoms with E-state index in [1.54, 1.807) is 37.3 Å². The molecule has 0 aliphatic rings. The molecule has 6 nitrogen and oxygen atoms in total. The van der Waals surface area contributed by atoms with Crippen molar-refractivity contribution in [2.75, 3.05) is 5.32 Å². The Balaban J connectivity index is 1.56. The largest absolute Gasteiger partial charge is 0.481 e. The van der Waals surface area contributed by atoms with E-state index in [1.807, 2.05) is 43.3 Å². The van der Waals surface area contributed by atoms with E-state index < -0.39 is 6.10 Å². The molecule has 1 amide bonds. The molecule has 1 N–H and O–H groups in total. The van der Waals surface area contributed by atoms with Crippen molar-refractivity contribution < 1.29 is 14.3 Å². The average molecular weight is 349 g/mol. The quantitative estimate of drug-likeness (QED) is 0.728. The minimum Gasteiger partial charge on any atom is -0.481 e. The lowest BCUT2D eigenvalue weighted by Gasteiger charge is -2.14. The number of carbonyl (C=O) groups excluding carboxylic acids is 1. The van der Waals surface area contributed by atoms with Gasteiger partial charge < -0.3 is 14.8 Å². The molecule has 2 aromatic carbocycles. The predicted molar refractivity (Wildman–Crippen MR) is 98.4 cm³/mol. The molecule has 6 heteroatoms. The van der Waals surface area contributed by atoms with E-state index >= 15 is 0 Å². The molecular formula is C20H19N3O3. The molecule has 132 valence electrons. The van der Waals surface area contributed by atoms with Gasteiger partial charge in [-0.3, -0.25) is 4.79 Å². The Kier molecular flexibility index (Phi) is 5.43. The van der Waals surface area contributed by atoms with E-state index in [2.05, 4.69) is 15.5 Å². The fourth-order valence-electron chi connectivity index (χ4n) is 2.17. The minimum absolute atomic E-state index is 0.230. The molecule has 1 heterocycles. The highest BCUT2D eigenvalue weighted by molar-refractivity contribution is 5.94. The predicted octanol–water partition coefficient (Wildman–Crippen LogP) is 3.98. The molecule has 0 spiro atoms. The molecule has 0 unspecified atom stereocenters. The van der Waals surface area contributed by atoms with Crippen molar-refractivity contribution in [3.63, 3.8) is 0 Å². The number of aryl methyl sites for hydroxylation is 1. The summed E-state index contributed by atoms with van der Waals surface area (Å²) in [6.45, 7) is 3.56. The van der Waals surface area contributed by atoms with Crippen LogP contribution in [-0.4, -0.2) is 22.2 Å². The van der Waals surface area contributed by atoms with Crippen LogP contribution in [0.15, 0.2) is 66.7 Å². The molecule has 0 saturated carbocycles. The lowest BCUT2D eigenvalue weighted by Crippen LogP contribution is -2.30. The van der Waals surface area contributed by atoms with E-state index in [1.165, 1.54) is 0 Å². The number of benzene rings is 2. The second-order valence-corrected chi connectivity index (χ2v) is 5.70. The van der Waals surface area contributed by atoms with Crippen molar-refractivity contribution in [2.24, 2.45) is 0 Å². The van der Waals surface area contributed by atoms with Gasteiger partial charge in [0.15, 0.2) is 6.10 Å². The molecule has 1 atom stereocenters. The lowest BCUT2D eigenvalue weighted by atomic mass is 10.2. The van der Waals surface area contributed by atoms with Crippen molar-refractivity contribution in [3.8, 4) is 17.4 Å². The van der Waals surface area contributed by atoms with Crippen LogP contribution in [0.1, 0.15) is 12.6 Å². The number of nitrogens with zero attached hydrogens (tertiary/aromatic N) is 2. The molecule has 26 heavy (non-hydrogen) atoms. The van der Waals surface area contributed by atoms with Crippen LogP contribution in [0.4, 0.5) is 5.69 Å². The zero-order chi connectivity index (χ0) is 18.4. The van der Waals surface area contributed by atoms with Crippen LogP contribution >= 0.6 is 0 Å². The first kappa shape index (κ1) is 17.4. The average Bonchev–Trinajstić information content (AvgIpc) is 2.66. The summed E-state index contributed by atoms with van der Waals surface area (Å²) in [5.41, 5.74) is 1.48.